The first-order valence-corrected chi connectivity index (χ1v) is 5.45. The van der Waals surface area contributed by atoms with Gasteiger partial charge in [0.1, 0.15) is 5.25 Å². The largest absolute Gasteiger partial charge is 0.480 e. The summed E-state index contributed by atoms with van der Waals surface area (Å²) < 4.78 is 0. The molecule has 0 bridgehead atoms. The van der Waals surface area contributed by atoms with Crippen LogP contribution in [-0.2, 0) is 11.2 Å². The minimum absolute atomic E-state index is 0.287. The molecule has 0 saturated carbocycles. The summed E-state index contributed by atoms with van der Waals surface area (Å²) in [6.07, 6.45) is 0.668. The number of fused-ring (bicyclic) bond motifs is 1. The molecule has 0 amide bonds. The van der Waals surface area contributed by atoms with Gasteiger partial charge >= 0.3 is 5.97 Å². The maximum Gasteiger partial charge on any atom is 0.317 e. The zero-order valence-electron chi connectivity index (χ0n) is 8.20. The van der Waals surface area contributed by atoms with Crippen molar-refractivity contribution in [2.75, 3.05) is 0 Å². The van der Waals surface area contributed by atoms with Crippen LogP contribution >= 0.6 is 11.8 Å². The molecule has 1 aromatic rings. The van der Waals surface area contributed by atoms with Crippen molar-refractivity contribution < 1.29 is 9.90 Å². The van der Waals surface area contributed by atoms with Gasteiger partial charge in [-0.25, -0.2) is 0 Å². The summed E-state index contributed by atoms with van der Waals surface area (Å²) in [5.74, 6) is -0.705. The molecule has 1 heterocycles. The smallest absolute Gasteiger partial charge is 0.317 e. The summed E-state index contributed by atoms with van der Waals surface area (Å²) >= 11 is 1.47. The summed E-state index contributed by atoms with van der Waals surface area (Å²) in [4.78, 5) is 12.0. The molecule has 3 heteroatoms. The Hall–Kier alpha value is -0.960. The molecule has 1 atom stereocenters. The Labute approximate surface area is 87.3 Å². The molecule has 14 heavy (non-hydrogen) atoms. The van der Waals surface area contributed by atoms with Crippen molar-refractivity contribution in [2.24, 2.45) is 0 Å². The first-order valence-electron chi connectivity index (χ1n) is 4.57. The fraction of sp³-hybridized carbons (Fsp3) is 0.364. The lowest BCUT2D eigenvalue weighted by Crippen LogP contribution is -2.14. The van der Waals surface area contributed by atoms with Gasteiger partial charge in [-0.2, -0.15) is 0 Å². The van der Waals surface area contributed by atoms with Gasteiger partial charge in [-0.05, 0) is 43.0 Å². The van der Waals surface area contributed by atoms with Crippen molar-refractivity contribution in [1.29, 1.82) is 0 Å². The highest BCUT2D eigenvalue weighted by Gasteiger charge is 2.28. The number of thioether (sulfide) groups is 1. The highest BCUT2D eigenvalue weighted by Crippen LogP contribution is 2.39. The third-order valence-corrected chi connectivity index (χ3v) is 3.78. The van der Waals surface area contributed by atoms with E-state index in [1.54, 1.807) is 0 Å². The van der Waals surface area contributed by atoms with E-state index in [1.165, 1.54) is 28.5 Å². The van der Waals surface area contributed by atoms with Crippen molar-refractivity contribution in [2.45, 2.75) is 30.4 Å². The third-order valence-electron chi connectivity index (χ3n) is 2.51. The Kier molecular flexibility index (Phi) is 2.27. The Bertz CT molecular complexity index is 399. The second-order valence-electron chi connectivity index (χ2n) is 3.71. The molecule has 2 nitrogen and oxygen atoms in total. The van der Waals surface area contributed by atoms with Crippen LogP contribution in [0.3, 0.4) is 0 Å². The van der Waals surface area contributed by atoms with Crippen LogP contribution in [0.15, 0.2) is 17.0 Å². The van der Waals surface area contributed by atoms with E-state index in [4.69, 9.17) is 5.11 Å². The van der Waals surface area contributed by atoms with Crippen LogP contribution < -0.4 is 0 Å². The van der Waals surface area contributed by atoms with Crippen molar-refractivity contribution >= 4 is 17.7 Å². The average Bonchev–Trinajstić information content (AvgIpc) is 2.47. The first-order chi connectivity index (χ1) is 6.58. The van der Waals surface area contributed by atoms with Gasteiger partial charge in [-0.1, -0.05) is 6.07 Å². The van der Waals surface area contributed by atoms with E-state index in [1.807, 2.05) is 6.92 Å². The van der Waals surface area contributed by atoms with Crippen LogP contribution in [0, 0.1) is 13.8 Å². The van der Waals surface area contributed by atoms with Crippen LogP contribution in [0.2, 0.25) is 0 Å². The van der Waals surface area contributed by atoms with Gasteiger partial charge in [0.15, 0.2) is 0 Å². The predicted octanol–water partition coefficient (Wildman–Crippen LogP) is 2.40. The number of carbonyl (C=O) groups is 1. The van der Waals surface area contributed by atoms with Gasteiger partial charge in [0, 0.05) is 4.90 Å². The summed E-state index contributed by atoms with van der Waals surface area (Å²) in [6, 6.07) is 4.19. The number of rotatable bonds is 1. The number of hydrogen-bond acceptors (Lipinski definition) is 2. The van der Waals surface area contributed by atoms with Crippen LogP contribution in [-0.4, -0.2) is 16.3 Å². The molecular weight excluding hydrogens is 196 g/mol. The van der Waals surface area contributed by atoms with E-state index in [-0.39, 0.29) is 5.25 Å². The predicted molar refractivity (Wildman–Crippen MR) is 56.9 cm³/mol. The fourth-order valence-corrected chi connectivity index (χ4v) is 3.14. The van der Waals surface area contributed by atoms with Gasteiger partial charge < -0.3 is 5.11 Å². The number of carboxylic acids is 1. The Balaban J connectivity index is 2.39. The number of aliphatic carboxylic acids is 1. The van der Waals surface area contributed by atoms with Gasteiger partial charge in [0.05, 0.1) is 0 Å². The molecule has 0 radical (unpaired) electrons. The topological polar surface area (TPSA) is 37.3 Å². The molecule has 0 saturated heterocycles. The van der Waals surface area contributed by atoms with Crippen molar-refractivity contribution in [3.05, 3.63) is 28.8 Å². The molecule has 1 N–H and O–H groups in total. The highest BCUT2D eigenvalue weighted by atomic mass is 32.2. The van der Waals surface area contributed by atoms with Crippen LogP contribution in [0.25, 0.3) is 0 Å². The maximum atomic E-state index is 10.8. The van der Waals surface area contributed by atoms with E-state index in [9.17, 15) is 4.79 Å². The van der Waals surface area contributed by atoms with Crippen LogP contribution in [0.4, 0.5) is 0 Å². The van der Waals surface area contributed by atoms with E-state index in [2.05, 4.69) is 19.1 Å². The average molecular weight is 208 g/mol. The van der Waals surface area contributed by atoms with E-state index in [0.717, 1.165) is 4.90 Å². The van der Waals surface area contributed by atoms with E-state index in [0.29, 0.717) is 6.42 Å². The molecule has 0 spiro atoms. The molecule has 1 aliphatic heterocycles. The Morgan fingerprint density at radius 2 is 2.21 bits per heavy atom. The first kappa shape index (κ1) is 9.59. The molecule has 1 aromatic carbocycles. The van der Waals surface area contributed by atoms with E-state index < -0.39 is 5.97 Å². The summed E-state index contributed by atoms with van der Waals surface area (Å²) in [7, 11) is 0. The number of carboxylic acid groups (broad SMARTS) is 1. The monoisotopic (exact) mass is 208 g/mol. The van der Waals surface area contributed by atoms with Gasteiger partial charge in [0.25, 0.3) is 0 Å². The molecule has 74 valence electrons. The molecule has 2 rings (SSSR count). The Morgan fingerprint density at radius 1 is 1.50 bits per heavy atom. The van der Waals surface area contributed by atoms with E-state index >= 15 is 0 Å². The molecular formula is C11H12O2S. The zero-order chi connectivity index (χ0) is 10.3. The quantitative estimate of drug-likeness (QED) is 0.770. The number of aryl methyl sites for hydroxylation is 2. The van der Waals surface area contributed by atoms with Crippen molar-refractivity contribution in [1.82, 2.24) is 0 Å². The van der Waals surface area contributed by atoms with Gasteiger partial charge in [0.2, 0.25) is 0 Å². The van der Waals surface area contributed by atoms with Crippen molar-refractivity contribution in [3.63, 3.8) is 0 Å². The number of benzene rings is 1. The second kappa shape index (κ2) is 3.31. The summed E-state index contributed by atoms with van der Waals surface area (Å²) in [5, 5.41) is 8.64. The normalized spacial score (nSPS) is 19.4. The molecule has 1 aliphatic rings. The molecule has 0 aromatic heterocycles. The number of hydrogen-bond donors (Lipinski definition) is 1. The fourth-order valence-electron chi connectivity index (χ4n) is 1.84. The molecule has 0 fully saturated rings. The third kappa shape index (κ3) is 1.52. The van der Waals surface area contributed by atoms with Crippen molar-refractivity contribution in [3.8, 4) is 0 Å². The standard InChI is InChI=1S/C11H12O2S/c1-6-3-7(2)8-5-10(11(12)13)14-9(8)4-6/h3-4,10H,5H2,1-2H3,(H,12,13)/t10-/m1/s1. The summed E-state index contributed by atoms with van der Waals surface area (Å²) in [6.45, 7) is 4.10. The van der Waals surface area contributed by atoms with Gasteiger partial charge in [-0.3, -0.25) is 4.79 Å². The minimum Gasteiger partial charge on any atom is -0.480 e. The second-order valence-corrected chi connectivity index (χ2v) is 4.95. The highest BCUT2D eigenvalue weighted by molar-refractivity contribution is 8.01. The maximum absolute atomic E-state index is 10.8. The van der Waals surface area contributed by atoms with Crippen LogP contribution in [0.1, 0.15) is 16.7 Å². The molecule has 0 unspecified atom stereocenters. The van der Waals surface area contributed by atoms with Gasteiger partial charge in [-0.15, -0.1) is 11.8 Å². The lowest BCUT2D eigenvalue weighted by molar-refractivity contribution is -0.136. The van der Waals surface area contributed by atoms with Crippen LogP contribution in [0.5, 0.6) is 0 Å². The summed E-state index contributed by atoms with van der Waals surface area (Å²) in [5.41, 5.74) is 3.64. The lowest BCUT2D eigenvalue weighted by atomic mass is 10.0. The zero-order valence-corrected chi connectivity index (χ0v) is 9.02. The molecule has 0 aliphatic carbocycles. The lowest BCUT2D eigenvalue weighted by Gasteiger charge is -2.03. The Morgan fingerprint density at radius 3 is 2.86 bits per heavy atom. The minimum atomic E-state index is -0.705. The SMILES string of the molecule is Cc1cc(C)c2c(c1)S[C@@H](C(=O)O)C2.